The van der Waals surface area contributed by atoms with Crippen LogP contribution in [0.5, 0.6) is 5.88 Å². The second kappa shape index (κ2) is 9.34. The number of ether oxygens (including phenoxy) is 1. The van der Waals surface area contributed by atoms with Gasteiger partial charge in [-0.25, -0.2) is 18.8 Å². The number of nitrogens with one attached hydrogen (secondary N) is 2. The molecule has 1 aliphatic rings. The number of aliphatic imine (C=N–C) groups is 1. The summed E-state index contributed by atoms with van der Waals surface area (Å²) in [5.74, 6) is 0.119. The van der Waals surface area contributed by atoms with Crippen LogP contribution < -0.4 is 20.3 Å². The number of hydrogen-bond donors (Lipinski definition) is 2. The third kappa shape index (κ3) is 4.68. The minimum Gasteiger partial charge on any atom is -0.481 e. The molecular formula is C20H25F2N5O. The van der Waals surface area contributed by atoms with Gasteiger partial charge >= 0.3 is 0 Å². The van der Waals surface area contributed by atoms with Crippen LogP contribution >= 0.6 is 0 Å². The molecule has 0 aliphatic carbocycles. The lowest BCUT2D eigenvalue weighted by Gasteiger charge is -2.21. The zero-order valence-electron chi connectivity index (χ0n) is 16.1. The standard InChI is InChI=1S/C20H25F2N5O/c1-3-23-20(25-12-14-6-5-10-24-19(14)28-2)26-15-9-11-27(13-15)18-16(21)7-4-8-17(18)22/h4-8,10,15H,3,9,11-13H2,1-2H3,(H2,23,25,26). The van der Waals surface area contributed by atoms with Crippen LogP contribution in [0.4, 0.5) is 14.5 Å². The molecule has 1 fully saturated rings. The van der Waals surface area contributed by atoms with Crippen LogP contribution in [0.25, 0.3) is 0 Å². The summed E-state index contributed by atoms with van der Waals surface area (Å²) in [6, 6.07) is 7.73. The molecule has 0 amide bonds. The van der Waals surface area contributed by atoms with Gasteiger partial charge < -0.3 is 20.3 Å². The second-order valence-electron chi connectivity index (χ2n) is 6.51. The Labute approximate surface area is 163 Å². The van der Waals surface area contributed by atoms with Crippen molar-refractivity contribution in [1.29, 1.82) is 0 Å². The molecule has 1 aromatic carbocycles. The lowest BCUT2D eigenvalue weighted by molar-refractivity contribution is 0.392. The Morgan fingerprint density at radius 1 is 1.29 bits per heavy atom. The van der Waals surface area contributed by atoms with Gasteiger partial charge in [0.25, 0.3) is 0 Å². The van der Waals surface area contributed by atoms with Crippen molar-refractivity contribution in [3.05, 3.63) is 53.7 Å². The van der Waals surface area contributed by atoms with Gasteiger partial charge in [0.2, 0.25) is 5.88 Å². The maximum Gasteiger partial charge on any atom is 0.218 e. The van der Waals surface area contributed by atoms with Crippen molar-refractivity contribution in [2.24, 2.45) is 4.99 Å². The predicted octanol–water partition coefficient (Wildman–Crippen LogP) is 2.70. The van der Waals surface area contributed by atoms with Crippen molar-refractivity contribution in [2.45, 2.75) is 25.9 Å². The Balaban J connectivity index is 1.66. The minimum absolute atomic E-state index is 0.0348. The molecule has 0 radical (unpaired) electrons. The van der Waals surface area contributed by atoms with E-state index in [2.05, 4.69) is 20.6 Å². The molecular weight excluding hydrogens is 364 g/mol. The second-order valence-corrected chi connectivity index (χ2v) is 6.51. The highest BCUT2D eigenvalue weighted by atomic mass is 19.1. The fourth-order valence-corrected chi connectivity index (χ4v) is 3.28. The molecule has 1 atom stereocenters. The van der Waals surface area contributed by atoms with Crippen LogP contribution in [-0.2, 0) is 6.54 Å². The van der Waals surface area contributed by atoms with Gasteiger partial charge in [-0.05, 0) is 31.5 Å². The number of para-hydroxylation sites is 1. The number of aromatic nitrogens is 1. The number of guanidine groups is 1. The summed E-state index contributed by atoms with van der Waals surface area (Å²) in [4.78, 5) is 10.5. The van der Waals surface area contributed by atoms with Crippen molar-refractivity contribution >= 4 is 11.6 Å². The molecule has 6 nitrogen and oxygen atoms in total. The van der Waals surface area contributed by atoms with E-state index in [1.54, 1.807) is 18.2 Å². The quantitative estimate of drug-likeness (QED) is 0.588. The van der Waals surface area contributed by atoms with Crippen molar-refractivity contribution in [1.82, 2.24) is 15.6 Å². The molecule has 8 heteroatoms. The smallest absolute Gasteiger partial charge is 0.218 e. The fraction of sp³-hybridized carbons (Fsp3) is 0.400. The number of hydrogen-bond acceptors (Lipinski definition) is 4. The third-order valence-electron chi connectivity index (χ3n) is 4.58. The molecule has 150 valence electrons. The number of nitrogens with zero attached hydrogens (tertiary/aromatic N) is 3. The van der Waals surface area contributed by atoms with Gasteiger partial charge in [0.05, 0.1) is 13.7 Å². The van der Waals surface area contributed by atoms with Gasteiger partial charge in [0.15, 0.2) is 5.96 Å². The van der Waals surface area contributed by atoms with E-state index < -0.39 is 11.6 Å². The summed E-state index contributed by atoms with van der Waals surface area (Å²) in [7, 11) is 1.58. The van der Waals surface area contributed by atoms with E-state index in [1.165, 1.54) is 18.2 Å². The highest BCUT2D eigenvalue weighted by Crippen LogP contribution is 2.26. The summed E-state index contributed by atoms with van der Waals surface area (Å²) >= 11 is 0. The number of benzene rings is 1. The molecule has 28 heavy (non-hydrogen) atoms. The lowest BCUT2D eigenvalue weighted by Crippen LogP contribution is -2.44. The maximum atomic E-state index is 14.0. The van der Waals surface area contributed by atoms with Crippen molar-refractivity contribution in [2.75, 3.05) is 31.6 Å². The molecule has 1 unspecified atom stereocenters. The van der Waals surface area contributed by atoms with E-state index in [1.807, 2.05) is 19.1 Å². The first-order valence-corrected chi connectivity index (χ1v) is 9.34. The van der Waals surface area contributed by atoms with Crippen LogP contribution in [0.3, 0.4) is 0 Å². The molecule has 2 N–H and O–H groups in total. The summed E-state index contributed by atoms with van der Waals surface area (Å²) in [6.07, 6.45) is 2.43. The first-order valence-electron chi connectivity index (χ1n) is 9.34. The zero-order valence-corrected chi connectivity index (χ0v) is 16.1. The molecule has 2 heterocycles. The van der Waals surface area contributed by atoms with E-state index in [-0.39, 0.29) is 11.7 Å². The van der Waals surface area contributed by atoms with Gasteiger partial charge in [-0.2, -0.15) is 0 Å². The molecule has 0 bridgehead atoms. The summed E-state index contributed by atoms with van der Waals surface area (Å²) in [5, 5.41) is 6.56. The summed E-state index contributed by atoms with van der Waals surface area (Å²) < 4.78 is 33.3. The first-order chi connectivity index (χ1) is 13.6. The molecule has 1 saturated heterocycles. The maximum absolute atomic E-state index is 14.0. The van der Waals surface area contributed by atoms with Crippen molar-refractivity contribution in [3.8, 4) is 5.88 Å². The Hall–Kier alpha value is -2.90. The average Bonchev–Trinajstić information content (AvgIpc) is 3.14. The van der Waals surface area contributed by atoms with Gasteiger partial charge in [0, 0.05) is 37.4 Å². The average molecular weight is 389 g/mol. The Morgan fingerprint density at radius 3 is 2.79 bits per heavy atom. The van der Waals surface area contributed by atoms with E-state index in [0.717, 1.165) is 12.0 Å². The lowest BCUT2D eigenvalue weighted by atomic mass is 10.2. The normalized spacial score (nSPS) is 16.9. The van der Waals surface area contributed by atoms with E-state index >= 15 is 0 Å². The van der Waals surface area contributed by atoms with E-state index in [9.17, 15) is 8.78 Å². The molecule has 2 aromatic rings. The minimum atomic E-state index is -0.537. The predicted molar refractivity (Wildman–Crippen MR) is 106 cm³/mol. The monoisotopic (exact) mass is 389 g/mol. The van der Waals surface area contributed by atoms with E-state index in [4.69, 9.17) is 4.74 Å². The van der Waals surface area contributed by atoms with Gasteiger partial charge in [0.1, 0.15) is 17.3 Å². The Bertz CT molecular complexity index is 810. The van der Waals surface area contributed by atoms with Crippen LogP contribution in [0.2, 0.25) is 0 Å². The number of anilines is 1. The Kier molecular flexibility index (Phi) is 6.62. The van der Waals surface area contributed by atoms with Crippen LogP contribution in [-0.4, -0.2) is 43.7 Å². The highest BCUT2D eigenvalue weighted by Gasteiger charge is 2.27. The number of pyridine rings is 1. The molecule has 1 aromatic heterocycles. The highest BCUT2D eigenvalue weighted by molar-refractivity contribution is 5.80. The Morgan fingerprint density at radius 2 is 2.07 bits per heavy atom. The van der Waals surface area contributed by atoms with Gasteiger partial charge in [-0.3, -0.25) is 0 Å². The third-order valence-corrected chi connectivity index (χ3v) is 4.58. The number of halogens is 2. The number of methoxy groups -OCH3 is 1. The van der Waals surface area contributed by atoms with Crippen LogP contribution in [0, 0.1) is 11.6 Å². The molecule has 1 aliphatic heterocycles. The first kappa shape index (κ1) is 19.9. The van der Waals surface area contributed by atoms with Gasteiger partial charge in [-0.1, -0.05) is 12.1 Å². The van der Waals surface area contributed by atoms with Crippen LogP contribution in [0.1, 0.15) is 18.9 Å². The zero-order chi connectivity index (χ0) is 19.9. The summed E-state index contributed by atoms with van der Waals surface area (Å²) in [5.41, 5.74) is 0.914. The molecule has 0 saturated carbocycles. The fourth-order valence-electron chi connectivity index (χ4n) is 3.28. The van der Waals surface area contributed by atoms with E-state index in [0.29, 0.717) is 38.0 Å². The van der Waals surface area contributed by atoms with Crippen molar-refractivity contribution < 1.29 is 13.5 Å². The molecule has 3 rings (SSSR count). The topological polar surface area (TPSA) is 61.8 Å². The van der Waals surface area contributed by atoms with Crippen LogP contribution in [0.15, 0.2) is 41.5 Å². The number of rotatable bonds is 6. The molecule has 0 spiro atoms. The SMILES string of the molecule is CCNC(=NCc1cccnc1OC)NC1CCN(c2c(F)cccc2F)C1. The van der Waals surface area contributed by atoms with Gasteiger partial charge in [-0.15, -0.1) is 0 Å². The van der Waals surface area contributed by atoms with Crippen molar-refractivity contribution in [3.63, 3.8) is 0 Å². The largest absolute Gasteiger partial charge is 0.481 e. The summed E-state index contributed by atoms with van der Waals surface area (Å²) in [6.45, 7) is 4.17.